The second-order valence-electron chi connectivity index (χ2n) is 4.44. The van der Waals surface area contributed by atoms with Gasteiger partial charge in [0, 0.05) is 19.0 Å². The molecule has 0 saturated heterocycles. The van der Waals surface area contributed by atoms with Crippen LogP contribution in [0.15, 0.2) is 52.1 Å². The Labute approximate surface area is 131 Å². The Morgan fingerprint density at radius 1 is 1.24 bits per heavy atom. The van der Waals surface area contributed by atoms with Crippen LogP contribution in [0.4, 0.5) is 0 Å². The van der Waals surface area contributed by atoms with Crippen LogP contribution in [0.2, 0.25) is 0 Å². The number of aromatic nitrogens is 1. The summed E-state index contributed by atoms with van der Waals surface area (Å²) < 4.78 is 23.2. The molecule has 110 valence electrons. The first-order chi connectivity index (χ1) is 9.88. The molecule has 1 amide bonds. The molecule has 2 aromatic rings. The largest absolute Gasteiger partial charge is 0.348 e. The van der Waals surface area contributed by atoms with Gasteiger partial charge >= 0.3 is 0 Å². The Bertz CT molecular complexity index is 758. The molecule has 0 aliphatic carbocycles. The lowest BCUT2D eigenvalue weighted by molar-refractivity contribution is 0.0949. The van der Waals surface area contributed by atoms with E-state index in [2.05, 4.69) is 26.2 Å². The molecule has 0 aliphatic heterocycles. The zero-order chi connectivity index (χ0) is 15.5. The normalized spacial score (nSPS) is 11.1. The summed E-state index contributed by atoms with van der Waals surface area (Å²) in [6, 6.07) is 9.75. The van der Waals surface area contributed by atoms with Gasteiger partial charge in [0.15, 0.2) is 9.84 Å². The molecule has 1 aromatic heterocycles. The van der Waals surface area contributed by atoms with Gasteiger partial charge in [-0.05, 0) is 45.8 Å². The van der Waals surface area contributed by atoms with Gasteiger partial charge in [0.1, 0.15) is 4.60 Å². The van der Waals surface area contributed by atoms with E-state index in [1.54, 1.807) is 30.5 Å². The van der Waals surface area contributed by atoms with Crippen molar-refractivity contribution in [1.29, 1.82) is 0 Å². The van der Waals surface area contributed by atoms with Crippen molar-refractivity contribution >= 4 is 31.7 Å². The van der Waals surface area contributed by atoms with E-state index in [-0.39, 0.29) is 10.8 Å². The molecule has 0 aliphatic rings. The van der Waals surface area contributed by atoms with E-state index in [0.29, 0.717) is 16.7 Å². The van der Waals surface area contributed by atoms with Crippen molar-refractivity contribution < 1.29 is 13.2 Å². The number of sulfone groups is 1. The highest BCUT2D eigenvalue weighted by atomic mass is 79.9. The van der Waals surface area contributed by atoms with Crippen molar-refractivity contribution in [3.8, 4) is 0 Å². The van der Waals surface area contributed by atoms with Crippen molar-refractivity contribution in [3.05, 3.63) is 58.3 Å². The first-order valence-electron chi connectivity index (χ1n) is 6.05. The van der Waals surface area contributed by atoms with Gasteiger partial charge in [0.2, 0.25) is 0 Å². The Hall–Kier alpha value is -1.73. The van der Waals surface area contributed by atoms with E-state index >= 15 is 0 Å². The van der Waals surface area contributed by atoms with Gasteiger partial charge in [-0.15, -0.1) is 0 Å². The number of hydrogen-bond donors (Lipinski definition) is 1. The van der Waals surface area contributed by atoms with Crippen LogP contribution in [-0.2, 0) is 16.4 Å². The van der Waals surface area contributed by atoms with Crippen LogP contribution in [0.1, 0.15) is 15.9 Å². The summed E-state index contributed by atoms with van der Waals surface area (Å²) in [5, 5.41) is 2.76. The monoisotopic (exact) mass is 368 g/mol. The number of hydrogen-bond acceptors (Lipinski definition) is 4. The second kappa shape index (κ2) is 6.36. The lowest BCUT2D eigenvalue weighted by atomic mass is 10.2. The number of halogens is 1. The number of carbonyl (C=O) groups excluding carboxylic acids is 1. The highest BCUT2D eigenvalue weighted by molar-refractivity contribution is 9.10. The summed E-state index contributed by atoms with van der Waals surface area (Å²) in [5.41, 5.74) is 1.26. The molecule has 5 nitrogen and oxygen atoms in total. The smallest absolute Gasteiger partial charge is 0.254 e. The molecular weight excluding hydrogens is 356 g/mol. The van der Waals surface area contributed by atoms with Crippen LogP contribution in [0, 0.1) is 0 Å². The molecule has 0 bridgehead atoms. The van der Waals surface area contributed by atoms with Gasteiger partial charge in [-0.3, -0.25) is 4.79 Å². The average Bonchev–Trinajstić information content (AvgIpc) is 2.45. The predicted molar refractivity (Wildman–Crippen MR) is 82.7 cm³/mol. The summed E-state index contributed by atoms with van der Waals surface area (Å²) in [7, 11) is -3.20. The van der Waals surface area contributed by atoms with Crippen molar-refractivity contribution in [2.24, 2.45) is 0 Å². The van der Waals surface area contributed by atoms with Crippen LogP contribution in [-0.4, -0.2) is 25.6 Å². The molecule has 0 atom stereocenters. The van der Waals surface area contributed by atoms with Crippen molar-refractivity contribution in [2.75, 3.05) is 6.26 Å². The zero-order valence-corrected chi connectivity index (χ0v) is 13.6. The summed E-state index contributed by atoms with van der Waals surface area (Å²) in [5.74, 6) is -0.248. The van der Waals surface area contributed by atoms with Gasteiger partial charge in [-0.1, -0.05) is 12.1 Å². The maximum atomic E-state index is 12.0. The third kappa shape index (κ3) is 4.12. The molecule has 21 heavy (non-hydrogen) atoms. The summed E-state index contributed by atoms with van der Waals surface area (Å²) in [6.45, 7) is 0.310. The lowest BCUT2D eigenvalue weighted by Crippen LogP contribution is -2.23. The fourth-order valence-electron chi connectivity index (χ4n) is 1.69. The van der Waals surface area contributed by atoms with Gasteiger partial charge in [-0.2, -0.15) is 0 Å². The SMILES string of the molecule is CS(=O)(=O)c1ccc(CNC(=O)c2cccnc2Br)cc1. The minimum atomic E-state index is -3.20. The van der Waals surface area contributed by atoms with Crippen LogP contribution < -0.4 is 5.32 Å². The third-order valence-electron chi connectivity index (χ3n) is 2.81. The molecular formula is C14H13BrN2O3S. The van der Waals surface area contributed by atoms with E-state index < -0.39 is 9.84 Å². The molecule has 0 fully saturated rings. The van der Waals surface area contributed by atoms with Crippen molar-refractivity contribution in [3.63, 3.8) is 0 Å². The number of carbonyl (C=O) groups is 1. The highest BCUT2D eigenvalue weighted by Crippen LogP contribution is 2.13. The minimum Gasteiger partial charge on any atom is -0.348 e. The van der Waals surface area contributed by atoms with E-state index in [1.807, 2.05) is 0 Å². The Morgan fingerprint density at radius 2 is 1.90 bits per heavy atom. The summed E-state index contributed by atoms with van der Waals surface area (Å²) in [4.78, 5) is 16.2. The number of benzene rings is 1. The molecule has 0 spiro atoms. The van der Waals surface area contributed by atoms with Crippen molar-refractivity contribution in [2.45, 2.75) is 11.4 Å². The Balaban J connectivity index is 2.04. The molecule has 1 heterocycles. The molecule has 1 N–H and O–H groups in total. The first kappa shape index (κ1) is 15.7. The third-order valence-corrected chi connectivity index (χ3v) is 4.57. The first-order valence-corrected chi connectivity index (χ1v) is 8.74. The maximum absolute atomic E-state index is 12.0. The van der Waals surface area contributed by atoms with Crippen LogP contribution in [0.25, 0.3) is 0 Å². The molecule has 2 rings (SSSR count). The van der Waals surface area contributed by atoms with E-state index in [1.165, 1.54) is 12.1 Å². The van der Waals surface area contributed by atoms with Crippen LogP contribution >= 0.6 is 15.9 Å². The topological polar surface area (TPSA) is 76.1 Å². The van der Waals surface area contributed by atoms with Crippen molar-refractivity contribution in [1.82, 2.24) is 10.3 Å². The van der Waals surface area contributed by atoms with Gasteiger partial charge < -0.3 is 5.32 Å². The molecule has 1 aromatic carbocycles. The van der Waals surface area contributed by atoms with Crippen LogP contribution in [0.3, 0.4) is 0 Å². The molecule has 0 unspecified atom stereocenters. The number of pyridine rings is 1. The highest BCUT2D eigenvalue weighted by Gasteiger charge is 2.10. The minimum absolute atomic E-state index is 0.248. The van der Waals surface area contributed by atoms with Gasteiger partial charge in [0.25, 0.3) is 5.91 Å². The quantitative estimate of drug-likeness (QED) is 0.839. The number of nitrogens with one attached hydrogen (secondary N) is 1. The molecule has 0 saturated carbocycles. The average molecular weight is 369 g/mol. The fraction of sp³-hybridized carbons (Fsp3) is 0.143. The van der Waals surface area contributed by atoms with Gasteiger partial charge in [-0.25, -0.2) is 13.4 Å². The summed E-state index contributed by atoms with van der Waals surface area (Å²) >= 11 is 3.22. The number of rotatable bonds is 4. The van der Waals surface area contributed by atoms with Gasteiger partial charge in [0.05, 0.1) is 10.5 Å². The van der Waals surface area contributed by atoms with E-state index in [0.717, 1.165) is 11.8 Å². The van der Waals surface area contributed by atoms with E-state index in [9.17, 15) is 13.2 Å². The van der Waals surface area contributed by atoms with E-state index in [4.69, 9.17) is 0 Å². The molecule has 0 radical (unpaired) electrons. The number of amides is 1. The fourth-order valence-corrected chi connectivity index (χ4v) is 2.75. The summed E-state index contributed by atoms with van der Waals surface area (Å²) in [6.07, 6.45) is 2.74. The maximum Gasteiger partial charge on any atom is 0.254 e. The number of nitrogens with zero attached hydrogens (tertiary/aromatic N) is 1. The Kier molecular flexibility index (Phi) is 4.74. The standard InChI is InChI=1S/C14H13BrN2O3S/c1-21(19,20)11-6-4-10(5-7-11)9-17-14(18)12-3-2-8-16-13(12)15/h2-8H,9H2,1H3,(H,17,18). The predicted octanol–water partition coefficient (Wildman–Crippen LogP) is 2.18. The lowest BCUT2D eigenvalue weighted by Gasteiger charge is -2.07. The second-order valence-corrected chi connectivity index (χ2v) is 7.21. The van der Waals surface area contributed by atoms with Crippen LogP contribution in [0.5, 0.6) is 0 Å². The zero-order valence-electron chi connectivity index (χ0n) is 11.2. The Morgan fingerprint density at radius 3 is 2.48 bits per heavy atom. The molecule has 7 heteroatoms.